The molecule has 4 rings (SSSR count). The van der Waals surface area contributed by atoms with E-state index < -0.39 is 0 Å². The molecular weight excluding hydrogens is 390 g/mol. The van der Waals surface area contributed by atoms with E-state index in [0.29, 0.717) is 12.1 Å². The van der Waals surface area contributed by atoms with Gasteiger partial charge in [0.1, 0.15) is 6.17 Å². The molecule has 5 heteroatoms. The van der Waals surface area contributed by atoms with Gasteiger partial charge in [0.15, 0.2) is 0 Å². The maximum absolute atomic E-state index is 13.0. The van der Waals surface area contributed by atoms with Crippen LogP contribution in [0.2, 0.25) is 0 Å². The van der Waals surface area contributed by atoms with Crippen molar-refractivity contribution in [3.8, 4) is 0 Å². The van der Waals surface area contributed by atoms with Gasteiger partial charge in [0.05, 0.1) is 11.3 Å². The summed E-state index contributed by atoms with van der Waals surface area (Å²) in [6, 6.07) is 19.8. The Hall–Kier alpha value is -2.66. The van der Waals surface area contributed by atoms with E-state index in [0.717, 1.165) is 27.0 Å². The smallest absolute Gasteiger partial charge is 0.258 e. The maximum Gasteiger partial charge on any atom is 0.258 e. The number of carbonyl (C=O) groups is 1. The Morgan fingerprint density at radius 2 is 1.92 bits per heavy atom. The molecule has 0 fully saturated rings. The summed E-state index contributed by atoms with van der Waals surface area (Å²) in [5.74, 6) is 0.00304. The summed E-state index contributed by atoms with van der Waals surface area (Å²) in [6.45, 7) is 2.58. The molecule has 1 amide bonds. The summed E-state index contributed by atoms with van der Waals surface area (Å²) < 4.78 is 1.06. The molecule has 1 unspecified atom stereocenters. The third kappa shape index (κ3) is 3.10. The number of anilines is 1. The zero-order valence-electron chi connectivity index (χ0n) is 14.3. The molecule has 0 bridgehead atoms. The quantitative estimate of drug-likeness (QED) is 0.667. The maximum atomic E-state index is 13.0. The van der Waals surface area contributed by atoms with E-state index in [-0.39, 0.29) is 12.1 Å². The number of amides is 1. The third-order valence-corrected chi connectivity index (χ3v) is 5.45. The second-order valence-corrected chi connectivity index (χ2v) is 7.22. The van der Waals surface area contributed by atoms with Crippen molar-refractivity contribution < 1.29 is 4.79 Å². The average molecular weight is 408 g/mol. The summed E-state index contributed by atoms with van der Waals surface area (Å²) in [5, 5.41) is 3.49. The van der Waals surface area contributed by atoms with E-state index >= 15 is 0 Å². The van der Waals surface area contributed by atoms with E-state index in [4.69, 9.17) is 0 Å². The number of fused-ring (bicyclic) bond motifs is 1. The first-order valence-corrected chi connectivity index (χ1v) is 9.25. The summed E-state index contributed by atoms with van der Waals surface area (Å²) in [7, 11) is 0. The summed E-state index contributed by atoms with van der Waals surface area (Å²) in [5.41, 5.74) is 4.62. The number of pyridine rings is 1. The fraction of sp³-hybridized carbons (Fsp3) is 0.143. The molecule has 0 saturated heterocycles. The largest absolute Gasteiger partial charge is 0.360 e. The lowest BCUT2D eigenvalue weighted by atomic mass is 10.2. The first kappa shape index (κ1) is 16.8. The number of rotatable bonds is 4. The van der Waals surface area contributed by atoms with E-state index in [2.05, 4.69) is 32.3 Å². The predicted octanol–water partition coefficient (Wildman–Crippen LogP) is 4.92. The topological polar surface area (TPSA) is 45.2 Å². The van der Waals surface area contributed by atoms with Crippen LogP contribution in [0.25, 0.3) is 0 Å². The van der Waals surface area contributed by atoms with Crippen molar-refractivity contribution in [1.29, 1.82) is 0 Å². The molecule has 26 heavy (non-hydrogen) atoms. The van der Waals surface area contributed by atoms with Crippen molar-refractivity contribution in [2.45, 2.75) is 19.6 Å². The van der Waals surface area contributed by atoms with Crippen LogP contribution >= 0.6 is 15.9 Å². The molecule has 0 saturated carbocycles. The number of hydrogen-bond donors (Lipinski definition) is 1. The Morgan fingerprint density at radius 3 is 2.69 bits per heavy atom. The molecule has 4 nitrogen and oxygen atoms in total. The van der Waals surface area contributed by atoms with Crippen LogP contribution in [-0.4, -0.2) is 15.8 Å². The highest BCUT2D eigenvalue weighted by atomic mass is 79.9. The van der Waals surface area contributed by atoms with Gasteiger partial charge in [-0.2, -0.15) is 0 Å². The van der Waals surface area contributed by atoms with Crippen LogP contribution in [0.5, 0.6) is 0 Å². The monoisotopic (exact) mass is 407 g/mol. The van der Waals surface area contributed by atoms with Crippen molar-refractivity contribution in [3.05, 3.63) is 93.7 Å². The molecule has 2 aromatic carbocycles. The van der Waals surface area contributed by atoms with E-state index in [1.54, 1.807) is 6.20 Å². The minimum atomic E-state index is -0.292. The van der Waals surface area contributed by atoms with Gasteiger partial charge >= 0.3 is 0 Å². The van der Waals surface area contributed by atoms with Gasteiger partial charge in [-0.3, -0.25) is 9.78 Å². The zero-order valence-corrected chi connectivity index (χ0v) is 15.9. The van der Waals surface area contributed by atoms with Crippen LogP contribution in [0.4, 0.5) is 5.69 Å². The lowest BCUT2D eigenvalue weighted by Gasteiger charge is -2.27. The molecule has 0 radical (unpaired) electrons. The Balaban J connectivity index is 1.69. The molecular formula is C21H18BrN3O. The molecule has 1 atom stereocenters. The SMILES string of the molecule is Cc1cc(NC2c3ncccc3C(=O)N2Cc2ccccc2)ccc1Br. The van der Waals surface area contributed by atoms with Crippen molar-refractivity contribution >= 4 is 27.5 Å². The summed E-state index contributed by atoms with van der Waals surface area (Å²) >= 11 is 3.53. The van der Waals surface area contributed by atoms with Gasteiger partial charge in [0.2, 0.25) is 0 Å². The Labute approximate surface area is 161 Å². The number of halogens is 1. The molecule has 1 aromatic heterocycles. The van der Waals surface area contributed by atoms with Gasteiger partial charge in [-0.1, -0.05) is 46.3 Å². The van der Waals surface area contributed by atoms with Crippen molar-refractivity contribution in [1.82, 2.24) is 9.88 Å². The number of nitrogens with zero attached hydrogens (tertiary/aromatic N) is 2. The second kappa shape index (κ2) is 6.92. The molecule has 2 heterocycles. The number of carbonyl (C=O) groups excluding carboxylic acids is 1. The van der Waals surface area contributed by atoms with Crippen LogP contribution < -0.4 is 5.32 Å². The van der Waals surface area contributed by atoms with Gasteiger partial charge in [-0.25, -0.2) is 0 Å². The Morgan fingerprint density at radius 1 is 1.12 bits per heavy atom. The molecule has 1 aliphatic rings. The molecule has 3 aromatic rings. The highest BCUT2D eigenvalue weighted by Crippen LogP contribution is 2.34. The molecule has 0 aliphatic carbocycles. The van der Waals surface area contributed by atoms with Crippen molar-refractivity contribution in [2.24, 2.45) is 0 Å². The van der Waals surface area contributed by atoms with Crippen molar-refractivity contribution in [3.63, 3.8) is 0 Å². The first-order chi connectivity index (χ1) is 12.6. The van der Waals surface area contributed by atoms with Crippen LogP contribution in [0, 0.1) is 6.92 Å². The van der Waals surface area contributed by atoms with Gasteiger partial charge < -0.3 is 10.2 Å². The highest BCUT2D eigenvalue weighted by Gasteiger charge is 2.37. The van der Waals surface area contributed by atoms with Crippen LogP contribution in [-0.2, 0) is 6.54 Å². The van der Waals surface area contributed by atoms with Gasteiger partial charge in [-0.15, -0.1) is 0 Å². The standard InChI is InChI=1S/C21H18BrN3O/c1-14-12-16(9-10-18(14)22)24-20-19-17(8-5-11-23-19)21(26)25(20)13-15-6-3-2-4-7-15/h2-12,20,24H,13H2,1H3. The van der Waals surface area contributed by atoms with Crippen LogP contribution in [0.3, 0.4) is 0 Å². The first-order valence-electron chi connectivity index (χ1n) is 8.46. The van der Waals surface area contributed by atoms with Gasteiger partial charge in [0, 0.05) is 22.9 Å². The highest BCUT2D eigenvalue weighted by molar-refractivity contribution is 9.10. The van der Waals surface area contributed by atoms with E-state index in [1.807, 2.05) is 66.4 Å². The molecule has 130 valence electrons. The number of hydrogen-bond acceptors (Lipinski definition) is 3. The molecule has 1 aliphatic heterocycles. The number of aromatic nitrogens is 1. The number of nitrogens with one attached hydrogen (secondary N) is 1. The minimum Gasteiger partial charge on any atom is -0.360 e. The Bertz CT molecular complexity index is 958. The lowest BCUT2D eigenvalue weighted by Crippen LogP contribution is -2.32. The fourth-order valence-corrected chi connectivity index (χ4v) is 3.46. The third-order valence-electron chi connectivity index (χ3n) is 4.56. The van der Waals surface area contributed by atoms with Crippen LogP contribution in [0.1, 0.15) is 33.3 Å². The Kier molecular flexibility index (Phi) is 4.47. The molecule has 1 N–H and O–H groups in total. The second-order valence-electron chi connectivity index (χ2n) is 6.37. The van der Waals surface area contributed by atoms with E-state index in [9.17, 15) is 4.79 Å². The van der Waals surface area contributed by atoms with Crippen LogP contribution in [0.15, 0.2) is 71.3 Å². The number of benzene rings is 2. The van der Waals surface area contributed by atoms with E-state index in [1.165, 1.54) is 0 Å². The minimum absolute atomic E-state index is 0.00304. The summed E-state index contributed by atoms with van der Waals surface area (Å²) in [4.78, 5) is 19.3. The average Bonchev–Trinajstić information content (AvgIpc) is 2.92. The fourth-order valence-electron chi connectivity index (χ4n) is 3.22. The molecule has 0 spiro atoms. The predicted molar refractivity (Wildman–Crippen MR) is 106 cm³/mol. The number of aryl methyl sites for hydroxylation is 1. The van der Waals surface area contributed by atoms with Gasteiger partial charge in [0.25, 0.3) is 5.91 Å². The summed E-state index contributed by atoms with van der Waals surface area (Å²) in [6.07, 6.45) is 1.44. The normalized spacial score (nSPS) is 15.8. The zero-order chi connectivity index (χ0) is 18.1. The van der Waals surface area contributed by atoms with Crippen molar-refractivity contribution in [2.75, 3.05) is 5.32 Å². The van der Waals surface area contributed by atoms with Gasteiger partial charge in [-0.05, 0) is 48.4 Å². The lowest BCUT2D eigenvalue weighted by molar-refractivity contribution is 0.0728.